The zero-order valence-electron chi connectivity index (χ0n) is 36.2. The summed E-state index contributed by atoms with van der Waals surface area (Å²) in [4.78, 5) is 56.4. The lowest BCUT2D eigenvalue weighted by Gasteiger charge is -2.39. The smallest absolute Gasteiger partial charge is 0.255 e. The van der Waals surface area contributed by atoms with E-state index in [-0.39, 0.29) is 53.1 Å². The van der Waals surface area contributed by atoms with Gasteiger partial charge in [-0.3, -0.25) is 24.5 Å². The van der Waals surface area contributed by atoms with Crippen molar-refractivity contribution in [2.75, 3.05) is 42.3 Å². The Morgan fingerprint density at radius 2 is 1.84 bits per heavy atom. The Morgan fingerprint density at radius 3 is 2.62 bits per heavy atom. The van der Waals surface area contributed by atoms with Crippen molar-refractivity contribution in [3.63, 3.8) is 0 Å². The minimum atomic E-state index is -0.848. The summed E-state index contributed by atoms with van der Waals surface area (Å²) in [5.41, 5.74) is 4.84. The molecule has 9 rings (SSSR count). The van der Waals surface area contributed by atoms with E-state index in [1.54, 1.807) is 30.2 Å². The van der Waals surface area contributed by atoms with Crippen molar-refractivity contribution in [2.45, 2.75) is 88.9 Å². The molecule has 3 saturated heterocycles. The first-order valence-electron chi connectivity index (χ1n) is 21.9. The molecule has 4 N–H and O–H groups in total. The highest BCUT2D eigenvalue weighted by atomic mass is 35.5. The normalized spacial score (nSPS) is 25.0. The van der Waals surface area contributed by atoms with Crippen LogP contribution in [-0.4, -0.2) is 73.4 Å². The van der Waals surface area contributed by atoms with Crippen molar-refractivity contribution in [3.05, 3.63) is 116 Å². The molecule has 11 nitrogen and oxygen atoms in total. The van der Waals surface area contributed by atoms with E-state index in [4.69, 9.17) is 27.9 Å². The van der Waals surface area contributed by atoms with Crippen molar-refractivity contribution in [1.29, 1.82) is 0 Å². The van der Waals surface area contributed by atoms with Crippen LogP contribution in [0.1, 0.15) is 91.4 Å². The molecule has 4 aromatic rings. The van der Waals surface area contributed by atoms with Crippen molar-refractivity contribution in [3.8, 4) is 17.6 Å². The van der Waals surface area contributed by atoms with Crippen LogP contribution < -0.4 is 30.9 Å². The predicted octanol–water partition coefficient (Wildman–Crippen LogP) is 8.03. The number of hydrogen-bond donors (Lipinski definition) is 4. The number of carbonyl (C=O) groups excluding carboxylic acids is 4. The molecule has 0 aromatic heterocycles. The molecule has 6 atom stereocenters. The number of nitrogens with one attached hydrogen (secondary N) is 4. The fraction of sp³-hybridized carbons (Fsp3) is 0.400. The van der Waals surface area contributed by atoms with Gasteiger partial charge in [-0.2, -0.15) is 0 Å². The Kier molecular flexibility index (Phi) is 11.6. The summed E-state index contributed by atoms with van der Waals surface area (Å²) >= 11 is 12.9. The van der Waals surface area contributed by atoms with Crippen molar-refractivity contribution in [2.24, 2.45) is 11.3 Å². The lowest BCUT2D eigenvalue weighted by molar-refractivity contribution is -0.137. The lowest BCUT2D eigenvalue weighted by atomic mass is 9.63. The standard InChI is InChI=1S/C50H51Cl2FN6O5/c1-49(2,3)24-41-50(27-54-38-22-30(51)15-17-35(38)50)43(33-11-6-12-36(52)44(33)53)45(56-41)47(62)55-37-18-16-31(23-40(37)64-4)58-21-7-8-28(25-58)13-14-29-9-5-10-32-34(29)26-59(48(32)63)39-19-20-42(60)57-46(39)61/h5-6,9-12,15-18,22-23,28,39,41,43,45,54,56H,7-8,19-21,24-27H2,1-4H3,(H,55,62)(H,57,60,61)/t28-,39-,41+,43+,45-,50+/m1/s1. The molecule has 0 bridgehead atoms. The third kappa shape index (κ3) is 7.96. The summed E-state index contributed by atoms with van der Waals surface area (Å²) in [6.07, 6.45) is 3.01. The maximum atomic E-state index is 16.3. The number of ether oxygens (including phenoxy) is 1. The van der Waals surface area contributed by atoms with E-state index in [1.807, 2.05) is 48.5 Å². The molecule has 14 heteroatoms. The van der Waals surface area contributed by atoms with Gasteiger partial charge in [0, 0.05) is 89.5 Å². The molecule has 5 aliphatic rings. The van der Waals surface area contributed by atoms with Crippen molar-refractivity contribution >= 4 is 63.9 Å². The Bertz CT molecular complexity index is 2640. The second kappa shape index (κ2) is 17.1. The number of amides is 4. The first-order chi connectivity index (χ1) is 30.6. The van der Waals surface area contributed by atoms with Gasteiger partial charge in [0.15, 0.2) is 0 Å². The maximum absolute atomic E-state index is 16.3. The topological polar surface area (TPSA) is 132 Å². The van der Waals surface area contributed by atoms with Crippen LogP contribution in [0, 0.1) is 29.0 Å². The number of methoxy groups -OCH3 is 1. The molecule has 5 aliphatic heterocycles. The number of halogens is 3. The van der Waals surface area contributed by atoms with Crippen LogP contribution in [-0.2, 0) is 26.3 Å². The van der Waals surface area contributed by atoms with Crippen LogP contribution in [0.4, 0.5) is 21.5 Å². The highest BCUT2D eigenvalue weighted by Gasteiger charge is 2.61. The van der Waals surface area contributed by atoms with Crippen LogP contribution in [0.3, 0.4) is 0 Å². The number of carbonyl (C=O) groups is 4. The molecule has 64 heavy (non-hydrogen) atoms. The van der Waals surface area contributed by atoms with Gasteiger partial charge >= 0.3 is 0 Å². The fourth-order valence-corrected chi connectivity index (χ4v) is 11.0. The van der Waals surface area contributed by atoms with Gasteiger partial charge in [-0.1, -0.05) is 80.1 Å². The van der Waals surface area contributed by atoms with Gasteiger partial charge in [-0.05, 0) is 90.3 Å². The molecule has 0 radical (unpaired) electrons. The van der Waals surface area contributed by atoms with E-state index in [1.165, 1.54) is 6.07 Å². The molecule has 0 saturated carbocycles. The van der Waals surface area contributed by atoms with E-state index < -0.39 is 35.1 Å². The third-order valence-electron chi connectivity index (χ3n) is 13.6. The lowest BCUT2D eigenvalue weighted by Crippen LogP contribution is -2.52. The largest absolute Gasteiger partial charge is 0.494 e. The van der Waals surface area contributed by atoms with Crippen molar-refractivity contribution < 1.29 is 28.3 Å². The van der Waals surface area contributed by atoms with Gasteiger partial charge in [0.25, 0.3) is 5.91 Å². The van der Waals surface area contributed by atoms with Gasteiger partial charge in [-0.15, -0.1) is 0 Å². The molecule has 5 heterocycles. The maximum Gasteiger partial charge on any atom is 0.255 e. The molecular weight excluding hydrogens is 854 g/mol. The van der Waals surface area contributed by atoms with E-state index >= 15 is 4.39 Å². The van der Waals surface area contributed by atoms with Gasteiger partial charge in [-0.25, -0.2) is 4.39 Å². The zero-order chi connectivity index (χ0) is 45.1. The van der Waals surface area contributed by atoms with Crippen LogP contribution in [0.2, 0.25) is 10.0 Å². The predicted molar refractivity (Wildman–Crippen MR) is 246 cm³/mol. The first kappa shape index (κ1) is 43.6. The Morgan fingerprint density at radius 1 is 1.03 bits per heavy atom. The molecule has 0 aliphatic carbocycles. The number of piperidine rings is 2. The molecule has 4 aromatic carbocycles. The van der Waals surface area contributed by atoms with Gasteiger partial charge in [0.05, 0.1) is 23.9 Å². The Labute approximate surface area is 382 Å². The second-order valence-electron chi connectivity index (χ2n) is 18.8. The van der Waals surface area contributed by atoms with Crippen molar-refractivity contribution in [1.82, 2.24) is 15.5 Å². The third-order valence-corrected chi connectivity index (χ3v) is 14.1. The number of nitrogens with zero attached hydrogens (tertiary/aromatic N) is 2. The number of benzene rings is 4. The molecule has 332 valence electrons. The molecule has 4 amide bonds. The Balaban J connectivity index is 0.955. The van der Waals surface area contributed by atoms with Crippen LogP contribution in [0.5, 0.6) is 5.75 Å². The van der Waals surface area contributed by atoms with E-state index in [0.29, 0.717) is 53.5 Å². The highest BCUT2D eigenvalue weighted by molar-refractivity contribution is 6.31. The summed E-state index contributed by atoms with van der Waals surface area (Å²) in [7, 11) is 1.57. The molecule has 0 unspecified atom stereocenters. The Hall–Kier alpha value is -5.61. The number of fused-ring (bicyclic) bond motifs is 3. The van der Waals surface area contributed by atoms with E-state index in [2.05, 4.69) is 58.8 Å². The minimum Gasteiger partial charge on any atom is -0.494 e. The quantitative estimate of drug-likeness (QED) is 0.108. The van der Waals surface area contributed by atoms with Crippen LogP contribution in [0.15, 0.2) is 72.8 Å². The summed E-state index contributed by atoms with van der Waals surface area (Å²) in [5.74, 6) is 4.85. The van der Waals surface area contributed by atoms with Gasteiger partial charge in [0.2, 0.25) is 17.7 Å². The number of anilines is 3. The van der Waals surface area contributed by atoms with E-state index in [0.717, 1.165) is 47.5 Å². The number of imide groups is 1. The minimum absolute atomic E-state index is 0.00464. The summed E-state index contributed by atoms with van der Waals surface area (Å²) in [6.45, 7) is 8.69. The van der Waals surface area contributed by atoms with Gasteiger partial charge in [0.1, 0.15) is 17.6 Å². The molecule has 3 fully saturated rings. The summed E-state index contributed by atoms with van der Waals surface area (Å²) < 4.78 is 22.2. The highest BCUT2D eigenvalue weighted by Crippen LogP contribution is 2.57. The fourth-order valence-electron chi connectivity index (χ4n) is 10.7. The summed E-state index contributed by atoms with van der Waals surface area (Å²) in [5, 5.41) is 13.4. The van der Waals surface area contributed by atoms with E-state index in [9.17, 15) is 19.2 Å². The SMILES string of the molecule is COc1cc(N2CCC[C@H](C#Cc3cccc4c3CN([C@@H]3CCC(=O)NC3=O)C4=O)C2)ccc1NC(=O)[C@@H]1N[C@@H](CC(C)(C)C)[C@@]2(CNc3cc(Cl)ccc32)[C@H]1c1cccc(Cl)c1F. The number of rotatable bonds is 7. The summed E-state index contributed by atoms with van der Waals surface area (Å²) in [6, 6.07) is 20.2. The van der Waals surface area contributed by atoms with Crippen LogP contribution in [0.25, 0.3) is 0 Å². The first-order valence-corrected chi connectivity index (χ1v) is 22.7. The monoisotopic (exact) mass is 904 g/mol. The molecular formula is C50H51Cl2FN6O5. The number of hydrogen-bond acceptors (Lipinski definition) is 8. The average molecular weight is 906 g/mol. The van der Waals surface area contributed by atoms with Gasteiger partial charge < -0.3 is 30.5 Å². The molecule has 1 spiro atoms. The van der Waals surface area contributed by atoms with Crippen LogP contribution >= 0.6 is 23.2 Å². The second-order valence-corrected chi connectivity index (χ2v) is 19.7. The average Bonchev–Trinajstić information content (AvgIpc) is 3.91. The zero-order valence-corrected chi connectivity index (χ0v) is 37.8.